The molecule has 0 saturated heterocycles. The molecule has 150 valence electrons. The largest absolute Gasteiger partial charge is 0.309 e. The Morgan fingerprint density at radius 1 is 1.28 bits per heavy atom. The lowest BCUT2D eigenvalue weighted by Crippen LogP contribution is -2.14. The van der Waals surface area contributed by atoms with Crippen LogP contribution >= 0.6 is 0 Å². The van der Waals surface area contributed by atoms with Crippen molar-refractivity contribution in [3.63, 3.8) is 0 Å². The second kappa shape index (κ2) is 9.30. The molecule has 0 unspecified atom stereocenters. The number of nitrogens with zero attached hydrogens (tertiary/aromatic N) is 2. The first kappa shape index (κ1) is 20.5. The summed E-state index contributed by atoms with van der Waals surface area (Å²) in [7, 11) is 0. The third-order valence-corrected chi connectivity index (χ3v) is 5.19. The highest BCUT2D eigenvalue weighted by molar-refractivity contribution is 5.91. The standard InChI is InChI=1S/C23H26N4O2/c1-3-19(18-10-7-17(8-11-18)9-14-23(28)26-29)21(24)13-12-20-16(2)25-27-15-5-4-6-22(20)27/h4-11,14-15,19,24,29H,3,12-13H2,1-2H3,(H,26,28)/b14-9+,24-21?/t19-/m1/s1. The zero-order valence-corrected chi connectivity index (χ0v) is 16.7. The van der Waals surface area contributed by atoms with Crippen LogP contribution in [0.2, 0.25) is 0 Å². The molecule has 0 radical (unpaired) electrons. The maximum absolute atomic E-state index is 11.1. The van der Waals surface area contributed by atoms with Crippen molar-refractivity contribution in [2.45, 2.75) is 39.0 Å². The van der Waals surface area contributed by atoms with Crippen molar-refractivity contribution in [3.8, 4) is 0 Å². The topological polar surface area (TPSA) is 90.5 Å². The van der Waals surface area contributed by atoms with E-state index in [-0.39, 0.29) is 5.92 Å². The summed E-state index contributed by atoms with van der Waals surface area (Å²) < 4.78 is 1.90. The molecule has 0 fully saturated rings. The van der Waals surface area contributed by atoms with Crippen LogP contribution in [0.3, 0.4) is 0 Å². The minimum atomic E-state index is -0.565. The number of hydrogen-bond donors (Lipinski definition) is 3. The third kappa shape index (κ3) is 4.78. The number of hydrogen-bond acceptors (Lipinski definition) is 4. The maximum atomic E-state index is 11.1. The van der Waals surface area contributed by atoms with Gasteiger partial charge in [0.2, 0.25) is 0 Å². The van der Waals surface area contributed by atoms with Crippen molar-refractivity contribution in [3.05, 3.63) is 77.1 Å². The first-order valence-corrected chi connectivity index (χ1v) is 9.75. The first-order valence-electron chi connectivity index (χ1n) is 9.75. The van der Waals surface area contributed by atoms with Crippen LogP contribution in [0.25, 0.3) is 11.6 Å². The van der Waals surface area contributed by atoms with Gasteiger partial charge in [0.05, 0.1) is 11.2 Å². The molecule has 0 aliphatic rings. The molecule has 3 aromatic rings. The molecule has 0 saturated carbocycles. The van der Waals surface area contributed by atoms with Crippen LogP contribution < -0.4 is 5.48 Å². The summed E-state index contributed by atoms with van der Waals surface area (Å²) in [6.45, 7) is 4.12. The van der Waals surface area contributed by atoms with Crippen molar-refractivity contribution in [2.24, 2.45) is 0 Å². The predicted octanol–water partition coefficient (Wildman–Crippen LogP) is 4.31. The molecule has 0 aliphatic carbocycles. The van der Waals surface area contributed by atoms with E-state index in [1.165, 1.54) is 11.6 Å². The Balaban J connectivity index is 1.69. The van der Waals surface area contributed by atoms with Crippen molar-refractivity contribution >= 4 is 23.2 Å². The highest BCUT2D eigenvalue weighted by Crippen LogP contribution is 2.25. The van der Waals surface area contributed by atoms with Crippen LogP contribution in [0.4, 0.5) is 0 Å². The molecule has 0 bridgehead atoms. The molecular formula is C23H26N4O2. The molecule has 0 aliphatic heterocycles. The number of benzene rings is 1. The highest BCUT2D eigenvalue weighted by Gasteiger charge is 2.17. The molecule has 29 heavy (non-hydrogen) atoms. The molecule has 1 aromatic carbocycles. The van der Waals surface area contributed by atoms with Gasteiger partial charge < -0.3 is 5.41 Å². The van der Waals surface area contributed by atoms with E-state index in [1.54, 1.807) is 11.6 Å². The van der Waals surface area contributed by atoms with E-state index in [0.717, 1.165) is 35.2 Å². The van der Waals surface area contributed by atoms with Gasteiger partial charge in [-0.2, -0.15) is 5.10 Å². The number of carbonyl (C=O) groups is 1. The summed E-state index contributed by atoms with van der Waals surface area (Å²) in [5, 5.41) is 21.8. The van der Waals surface area contributed by atoms with Crippen molar-refractivity contribution in [1.29, 1.82) is 5.41 Å². The smallest absolute Gasteiger partial charge is 0.267 e. The first-order chi connectivity index (χ1) is 14.0. The number of fused-ring (bicyclic) bond motifs is 1. The van der Waals surface area contributed by atoms with E-state index in [1.807, 2.05) is 54.0 Å². The summed E-state index contributed by atoms with van der Waals surface area (Å²) in [6.07, 6.45) is 7.20. The normalized spacial score (nSPS) is 12.4. The zero-order chi connectivity index (χ0) is 20.8. The van der Waals surface area contributed by atoms with Crippen LogP contribution in [-0.4, -0.2) is 26.4 Å². The summed E-state index contributed by atoms with van der Waals surface area (Å²) >= 11 is 0. The molecule has 6 heteroatoms. The van der Waals surface area contributed by atoms with Gasteiger partial charge in [-0.05, 0) is 55.5 Å². The number of hydroxylamine groups is 1. The van der Waals surface area contributed by atoms with Crippen LogP contribution in [0, 0.1) is 12.3 Å². The summed E-state index contributed by atoms with van der Waals surface area (Å²) in [4.78, 5) is 11.1. The fourth-order valence-corrected chi connectivity index (χ4v) is 3.64. The van der Waals surface area contributed by atoms with Gasteiger partial charge in [-0.1, -0.05) is 37.3 Å². The Labute approximate surface area is 170 Å². The van der Waals surface area contributed by atoms with Gasteiger partial charge in [0, 0.05) is 29.5 Å². The van der Waals surface area contributed by atoms with Gasteiger partial charge in [-0.15, -0.1) is 0 Å². The lowest BCUT2D eigenvalue weighted by atomic mass is 9.88. The molecule has 1 atom stereocenters. The van der Waals surface area contributed by atoms with Crippen LogP contribution in [0.5, 0.6) is 0 Å². The Kier molecular flexibility index (Phi) is 6.57. The van der Waals surface area contributed by atoms with Gasteiger partial charge in [-0.25, -0.2) is 10.00 Å². The third-order valence-electron chi connectivity index (χ3n) is 5.19. The highest BCUT2D eigenvalue weighted by atomic mass is 16.5. The number of amides is 1. The fourth-order valence-electron chi connectivity index (χ4n) is 3.64. The molecular weight excluding hydrogens is 364 g/mol. The van der Waals surface area contributed by atoms with Crippen molar-refractivity contribution in [2.75, 3.05) is 0 Å². The number of rotatable bonds is 8. The average molecular weight is 390 g/mol. The van der Waals surface area contributed by atoms with Gasteiger partial charge in [0.15, 0.2) is 0 Å². The van der Waals surface area contributed by atoms with E-state index in [4.69, 9.17) is 10.6 Å². The number of aryl methyl sites for hydroxylation is 2. The molecule has 0 spiro atoms. The van der Waals surface area contributed by atoms with Crippen LogP contribution in [-0.2, 0) is 11.2 Å². The monoisotopic (exact) mass is 390 g/mol. The number of nitrogens with one attached hydrogen (secondary N) is 2. The number of pyridine rings is 1. The van der Waals surface area contributed by atoms with Gasteiger partial charge in [0.25, 0.3) is 5.91 Å². The summed E-state index contributed by atoms with van der Waals surface area (Å²) in [5.41, 5.74) is 7.56. The lowest BCUT2D eigenvalue weighted by molar-refractivity contribution is -0.124. The Morgan fingerprint density at radius 2 is 2.03 bits per heavy atom. The van der Waals surface area contributed by atoms with E-state index < -0.39 is 5.91 Å². The quantitative estimate of drug-likeness (QED) is 0.232. The molecule has 3 rings (SSSR count). The number of carbonyl (C=O) groups excluding carboxylic acids is 1. The molecule has 2 aromatic heterocycles. The average Bonchev–Trinajstić information content (AvgIpc) is 3.06. The van der Waals surface area contributed by atoms with Gasteiger partial charge in [0.1, 0.15) is 0 Å². The Morgan fingerprint density at radius 3 is 2.72 bits per heavy atom. The maximum Gasteiger partial charge on any atom is 0.267 e. The van der Waals surface area contributed by atoms with Crippen LogP contribution in [0.1, 0.15) is 48.1 Å². The van der Waals surface area contributed by atoms with Gasteiger partial charge >= 0.3 is 0 Å². The lowest BCUT2D eigenvalue weighted by Gasteiger charge is -2.17. The minimum absolute atomic E-state index is 0.0657. The Bertz CT molecular complexity index is 1030. The zero-order valence-electron chi connectivity index (χ0n) is 16.7. The van der Waals surface area contributed by atoms with E-state index in [0.29, 0.717) is 12.1 Å². The van der Waals surface area contributed by atoms with E-state index in [9.17, 15) is 4.79 Å². The van der Waals surface area contributed by atoms with E-state index >= 15 is 0 Å². The number of aromatic nitrogens is 2. The van der Waals surface area contributed by atoms with Crippen molar-refractivity contribution in [1.82, 2.24) is 15.1 Å². The molecule has 6 nitrogen and oxygen atoms in total. The second-order valence-electron chi connectivity index (χ2n) is 7.06. The summed E-state index contributed by atoms with van der Waals surface area (Å²) in [6, 6.07) is 13.9. The van der Waals surface area contributed by atoms with Crippen LogP contribution in [0.15, 0.2) is 54.7 Å². The second-order valence-corrected chi connectivity index (χ2v) is 7.06. The SMILES string of the molecule is CC[C@@H](C(=N)CCc1c(C)nn2ccccc12)c1ccc(/C=C/C(=O)NO)cc1. The molecule has 3 N–H and O–H groups in total. The Hall–Kier alpha value is -3.25. The molecule has 2 heterocycles. The van der Waals surface area contributed by atoms with Gasteiger partial charge in [-0.3, -0.25) is 10.0 Å². The molecule has 1 amide bonds. The predicted molar refractivity (Wildman–Crippen MR) is 114 cm³/mol. The fraction of sp³-hybridized carbons (Fsp3) is 0.261. The van der Waals surface area contributed by atoms with Crippen molar-refractivity contribution < 1.29 is 10.0 Å². The minimum Gasteiger partial charge on any atom is -0.309 e. The van der Waals surface area contributed by atoms with E-state index in [2.05, 4.69) is 18.1 Å². The summed E-state index contributed by atoms with van der Waals surface area (Å²) in [5.74, 6) is -0.499.